The fourth-order valence-corrected chi connectivity index (χ4v) is 2.10. The van der Waals surface area contributed by atoms with Crippen LogP contribution in [0.2, 0.25) is 0 Å². The zero-order valence-corrected chi connectivity index (χ0v) is 9.96. The minimum absolute atomic E-state index is 0.0233. The zero-order valence-electron chi connectivity index (χ0n) is 9.96. The molecule has 2 N–H and O–H groups in total. The standard InChI is InChI=1S/C13H13N5/c1-14-13(12-8-16-18-17-12)10-5-4-9-3-2-6-15-11(9)7-10/h2-8,13-14H,1H3,(H,16,17,18). The van der Waals surface area contributed by atoms with Crippen molar-refractivity contribution in [1.82, 2.24) is 25.7 Å². The Labute approximate surface area is 104 Å². The molecule has 0 bridgehead atoms. The monoisotopic (exact) mass is 239 g/mol. The Morgan fingerprint density at radius 2 is 2.22 bits per heavy atom. The summed E-state index contributed by atoms with van der Waals surface area (Å²) in [5, 5.41) is 15.0. The SMILES string of the molecule is CNC(c1ccc2cccnc2c1)c1cn[nH]n1. The second-order valence-corrected chi connectivity index (χ2v) is 4.07. The minimum atomic E-state index is 0.0233. The summed E-state index contributed by atoms with van der Waals surface area (Å²) in [4.78, 5) is 4.37. The van der Waals surface area contributed by atoms with Gasteiger partial charge in [0.25, 0.3) is 0 Å². The zero-order chi connectivity index (χ0) is 12.4. The molecule has 0 amide bonds. The number of hydrogen-bond donors (Lipinski definition) is 2. The van der Waals surface area contributed by atoms with Gasteiger partial charge in [-0.1, -0.05) is 18.2 Å². The molecule has 2 heterocycles. The van der Waals surface area contributed by atoms with Crippen molar-refractivity contribution in [2.24, 2.45) is 0 Å². The molecule has 1 atom stereocenters. The molecule has 90 valence electrons. The number of hydrogen-bond acceptors (Lipinski definition) is 4. The molecule has 0 aliphatic heterocycles. The molecule has 5 heteroatoms. The topological polar surface area (TPSA) is 66.5 Å². The maximum atomic E-state index is 4.37. The van der Waals surface area contributed by atoms with Crippen LogP contribution in [0.1, 0.15) is 17.3 Å². The highest BCUT2D eigenvalue weighted by molar-refractivity contribution is 5.79. The van der Waals surface area contributed by atoms with Crippen LogP contribution in [0.4, 0.5) is 0 Å². The summed E-state index contributed by atoms with van der Waals surface area (Å²) in [5.41, 5.74) is 2.98. The lowest BCUT2D eigenvalue weighted by Gasteiger charge is -2.14. The minimum Gasteiger partial charge on any atom is -0.308 e. The second-order valence-electron chi connectivity index (χ2n) is 4.07. The molecule has 0 aliphatic carbocycles. The molecule has 0 spiro atoms. The molecule has 18 heavy (non-hydrogen) atoms. The average molecular weight is 239 g/mol. The summed E-state index contributed by atoms with van der Waals surface area (Å²) in [6, 6.07) is 10.2. The van der Waals surface area contributed by atoms with E-state index < -0.39 is 0 Å². The maximum absolute atomic E-state index is 4.37. The number of nitrogens with zero attached hydrogens (tertiary/aromatic N) is 3. The Morgan fingerprint density at radius 1 is 1.28 bits per heavy atom. The third-order valence-electron chi connectivity index (χ3n) is 2.98. The number of aromatic nitrogens is 4. The van der Waals surface area contributed by atoms with Crippen LogP contribution in [0.3, 0.4) is 0 Å². The van der Waals surface area contributed by atoms with Gasteiger partial charge in [-0.3, -0.25) is 4.98 Å². The van der Waals surface area contributed by atoms with Crippen molar-refractivity contribution < 1.29 is 0 Å². The quantitative estimate of drug-likeness (QED) is 0.729. The van der Waals surface area contributed by atoms with Crippen LogP contribution in [-0.2, 0) is 0 Å². The van der Waals surface area contributed by atoms with E-state index in [0.29, 0.717) is 0 Å². The molecule has 2 aromatic heterocycles. The molecule has 1 aromatic carbocycles. The number of pyridine rings is 1. The van der Waals surface area contributed by atoms with Crippen LogP contribution >= 0.6 is 0 Å². The fraction of sp³-hybridized carbons (Fsp3) is 0.154. The van der Waals surface area contributed by atoms with Crippen LogP contribution in [0, 0.1) is 0 Å². The van der Waals surface area contributed by atoms with Crippen LogP contribution in [-0.4, -0.2) is 27.4 Å². The van der Waals surface area contributed by atoms with E-state index in [-0.39, 0.29) is 6.04 Å². The first-order chi connectivity index (χ1) is 8.88. The van der Waals surface area contributed by atoms with Gasteiger partial charge in [0.15, 0.2) is 0 Å². The molecule has 3 aromatic rings. The number of H-pyrrole nitrogens is 1. The number of fused-ring (bicyclic) bond motifs is 1. The van der Waals surface area contributed by atoms with E-state index in [9.17, 15) is 0 Å². The number of nitrogens with one attached hydrogen (secondary N) is 2. The number of benzene rings is 1. The van der Waals surface area contributed by atoms with Gasteiger partial charge in [0.05, 0.1) is 17.8 Å². The van der Waals surface area contributed by atoms with E-state index in [1.807, 2.05) is 13.1 Å². The Bertz CT molecular complexity index is 647. The molecule has 0 aliphatic rings. The molecular formula is C13H13N5. The molecular weight excluding hydrogens is 226 g/mol. The predicted molar refractivity (Wildman–Crippen MR) is 69.0 cm³/mol. The van der Waals surface area contributed by atoms with Crippen molar-refractivity contribution in [3.05, 3.63) is 54.0 Å². The summed E-state index contributed by atoms with van der Waals surface area (Å²) in [5.74, 6) is 0. The first-order valence-electron chi connectivity index (χ1n) is 5.76. The van der Waals surface area contributed by atoms with Gasteiger partial charge in [0.1, 0.15) is 5.69 Å². The highest BCUT2D eigenvalue weighted by atomic mass is 15.3. The van der Waals surface area contributed by atoms with E-state index in [0.717, 1.165) is 22.2 Å². The molecule has 1 unspecified atom stereocenters. The molecule has 0 saturated carbocycles. The predicted octanol–water partition coefficient (Wildman–Crippen LogP) is 1.66. The molecule has 0 saturated heterocycles. The first kappa shape index (κ1) is 10.9. The largest absolute Gasteiger partial charge is 0.308 e. The van der Waals surface area contributed by atoms with Crippen molar-refractivity contribution in [2.45, 2.75) is 6.04 Å². The van der Waals surface area contributed by atoms with E-state index >= 15 is 0 Å². The van der Waals surface area contributed by atoms with Crippen LogP contribution in [0.5, 0.6) is 0 Å². The van der Waals surface area contributed by atoms with Crippen molar-refractivity contribution in [3.8, 4) is 0 Å². The first-order valence-corrected chi connectivity index (χ1v) is 5.76. The molecule has 0 radical (unpaired) electrons. The van der Waals surface area contributed by atoms with Gasteiger partial charge in [-0.2, -0.15) is 15.4 Å². The van der Waals surface area contributed by atoms with Crippen LogP contribution in [0.15, 0.2) is 42.7 Å². The summed E-state index contributed by atoms with van der Waals surface area (Å²) < 4.78 is 0. The van der Waals surface area contributed by atoms with Gasteiger partial charge in [-0.25, -0.2) is 0 Å². The summed E-state index contributed by atoms with van der Waals surface area (Å²) in [6.07, 6.45) is 3.53. The Morgan fingerprint density at radius 3 is 3.00 bits per heavy atom. The van der Waals surface area contributed by atoms with E-state index in [1.54, 1.807) is 12.4 Å². The van der Waals surface area contributed by atoms with Crippen molar-refractivity contribution in [2.75, 3.05) is 7.05 Å². The lowest BCUT2D eigenvalue weighted by atomic mass is 10.0. The van der Waals surface area contributed by atoms with Gasteiger partial charge in [-0.05, 0) is 24.7 Å². The third kappa shape index (κ3) is 1.84. The maximum Gasteiger partial charge on any atom is 0.104 e. The fourth-order valence-electron chi connectivity index (χ4n) is 2.10. The lowest BCUT2D eigenvalue weighted by molar-refractivity contribution is 0.668. The Kier molecular flexibility index (Phi) is 2.74. The van der Waals surface area contributed by atoms with Crippen LogP contribution < -0.4 is 5.32 Å². The lowest BCUT2D eigenvalue weighted by Crippen LogP contribution is -2.18. The Hall–Kier alpha value is -2.27. The summed E-state index contributed by atoms with van der Waals surface area (Å²) in [6.45, 7) is 0. The van der Waals surface area contributed by atoms with Gasteiger partial charge < -0.3 is 5.32 Å². The van der Waals surface area contributed by atoms with Crippen molar-refractivity contribution in [3.63, 3.8) is 0 Å². The average Bonchev–Trinajstić information content (AvgIpc) is 2.93. The summed E-state index contributed by atoms with van der Waals surface area (Å²) in [7, 11) is 1.90. The molecule has 0 fully saturated rings. The normalized spacial score (nSPS) is 12.7. The number of rotatable bonds is 3. The van der Waals surface area contributed by atoms with Gasteiger partial charge in [0.2, 0.25) is 0 Å². The molecule has 3 rings (SSSR count). The van der Waals surface area contributed by atoms with Crippen molar-refractivity contribution in [1.29, 1.82) is 0 Å². The van der Waals surface area contributed by atoms with E-state index in [2.05, 4.69) is 50.0 Å². The van der Waals surface area contributed by atoms with Gasteiger partial charge in [0, 0.05) is 11.6 Å². The summed E-state index contributed by atoms with van der Waals surface area (Å²) >= 11 is 0. The Balaban J connectivity index is 2.07. The second kappa shape index (κ2) is 4.54. The smallest absolute Gasteiger partial charge is 0.104 e. The van der Waals surface area contributed by atoms with E-state index in [1.165, 1.54) is 0 Å². The third-order valence-corrected chi connectivity index (χ3v) is 2.98. The van der Waals surface area contributed by atoms with Crippen LogP contribution in [0.25, 0.3) is 10.9 Å². The highest BCUT2D eigenvalue weighted by Gasteiger charge is 2.14. The van der Waals surface area contributed by atoms with Gasteiger partial charge >= 0.3 is 0 Å². The number of aromatic amines is 1. The van der Waals surface area contributed by atoms with E-state index in [4.69, 9.17) is 0 Å². The van der Waals surface area contributed by atoms with Gasteiger partial charge in [-0.15, -0.1) is 0 Å². The molecule has 5 nitrogen and oxygen atoms in total. The van der Waals surface area contributed by atoms with Crippen molar-refractivity contribution >= 4 is 10.9 Å². The highest BCUT2D eigenvalue weighted by Crippen LogP contribution is 2.22.